The summed E-state index contributed by atoms with van der Waals surface area (Å²) in [5.74, 6) is 0. The summed E-state index contributed by atoms with van der Waals surface area (Å²) in [5.41, 5.74) is 18.4. The molecule has 2 atom stereocenters. The van der Waals surface area contributed by atoms with Crippen molar-refractivity contribution >= 4 is 11.1 Å². The lowest BCUT2D eigenvalue weighted by atomic mass is 9.67. The van der Waals surface area contributed by atoms with E-state index in [1.807, 2.05) is 13.0 Å². The maximum atomic E-state index is 6.25. The molecule has 2 aliphatic carbocycles. The molecule has 0 heterocycles. The first-order valence-electron chi connectivity index (χ1n) is 5.60. The number of aryl methyl sites for hydroxylation is 1. The molecule has 0 radical (unpaired) electrons. The molecule has 2 nitrogen and oxygen atoms in total. The highest BCUT2D eigenvalue weighted by Gasteiger charge is 2.39. The molecule has 3 rings (SSSR count). The van der Waals surface area contributed by atoms with Crippen molar-refractivity contribution in [3.8, 4) is 0 Å². The Balaban J connectivity index is 2.18. The Bertz CT molecular complexity index is 536. The first-order valence-corrected chi connectivity index (χ1v) is 5.60. The van der Waals surface area contributed by atoms with Gasteiger partial charge in [-0.05, 0) is 41.7 Å². The van der Waals surface area contributed by atoms with Gasteiger partial charge in [0.15, 0.2) is 0 Å². The van der Waals surface area contributed by atoms with E-state index < -0.39 is 5.54 Å². The van der Waals surface area contributed by atoms with Crippen LogP contribution in [0.5, 0.6) is 0 Å². The highest BCUT2D eigenvalue weighted by molar-refractivity contribution is 6.11. The Morgan fingerprint density at radius 1 is 1.31 bits per heavy atom. The van der Waals surface area contributed by atoms with Crippen molar-refractivity contribution < 1.29 is 0 Å². The summed E-state index contributed by atoms with van der Waals surface area (Å²) in [5, 5.41) is 0. The summed E-state index contributed by atoms with van der Waals surface area (Å²) in [4.78, 5) is 0. The van der Waals surface area contributed by atoms with Crippen LogP contribution in [-0.2, 0) is 0 Å². The van der Waals surface area contributed by atoms with E-state index in [4.69, 9.17) is 11.5 Å². The first-order chi connectivity index (χ1) is 7.52. The quantitative estimate of drug-likeness (QED) is 0.689. The summed E-state index contributed by atoms with van der Waals surface area (Å²) < 4.78 is 0. The van der Waals surface area contributed by atoms with E-state index in [1.165, 1.54) is 27.8 Å². The third-order valence-corrected chi connectivity index (χ3v) is 3.71. The van der Waals surface area contributed by atoms with Gasteiger partial charge in [-0.3, -0.25) is 0 Å². The molecule has 2 unspecified atom stereocenters. The molecule has 0 saturated heterocycles. The molecule has 2 aliphatic rings. The van der Waals surface area contributed by atoms with Crippen LogP contribution in [0.4, 0.5) is 0 Å². The Morgan fingerprint density at radius 3 is 2.81 bits per heavy atom. The van der Waals surface area contributed by atoms with E-state index >= 15 is 0 Å². The van der Waals surface area contributed by atoms with Crippen molar-refractivity contribution in [2.45, 2.75) is 25.4 Å². The molecule has 0 amide bonds. The maximum Gasteiger partial charge on any atom is 0.0524 e. The summed E-state index contributed by atoms with van der Waals surface area (Å²) in [6.45, 7) is 4.11. The van der Waals surface area contributed by atoms with Crippen LogP contribution in [0.2, 0.25) is 0 Å². The van der Waals surface area contributed by atoms with Crippen LogP contribution in [0, 0.1) is 6.92 Å². The first kappa shape index (κ1) is 9.82. The number of nitrogens with two attached hydrogens (primary N) is 2. The van der Waals surface area contributed by atoms with Crippen LogP contribution in [0.3, 0.4) is 0 Å². The predicted molar refractivity (Wildman–Crippen MR) is 67.7 cm³/mol. The van der Waals surface area contributed by atoms with Crippen LogP contribution in [-0.4, -0.2) is 11.6 Å². The van der Waals surface area contributed by atoms with E-state index in [0.717, 1.165) is 0 Å². The zero-order valence-electron chi connectivity index (χ0n) is 9.62. The molecule has 0 spiro atoms. The van der Waals surface area contributed by atoms with Gasteiger partial charge in [0, 0.05) is 0 Å². The third-order valence-electron chi connectivity index (χ3n) is 3.71. The van der Waals surface area contributed by atoms with Gasteiger partial charge in [-0.15, -0.1) is 0 Å². The lowest BCUT2D eigenvalue weighted by Gasteiger charge is -2.41. The molecule has 0 fully saturated rings. The van der Waals surface area contributed by atoms with Crippen LogP contribution in [0.1, 0.15) is 23.6 Å². The summed E-state index contributed by atoms with van der Waals surface area (Å²) in [6.07, 6.45) is 4.13. The van der Waals surface area contributed by atoms with Crippen molar-refractivity contribution in [1.29, 1.82) is 0 Å². The van der Waals surface area contributed by atoms with E-state index in [0.29, 0.717) is 0 Å². The number of hydrogen-bond donors (Lipinski definition) is 2. The van der Waals surface area contributed by atoms with Crippen molar-refractivity contribution in [3.05, 3.63) is 47.0 Å². The number of allylic oxidation sites excluding steroid dienone is 2. The molecular weight excluding hydrogens is 196 g/mol. The summed E-state index contributed by atoms with van der Waals surface area (Å²) >= 11 is 0. The van der Waals surface area contributed by atoms with Gasteiger partial charge in [0.1, 0.15) is 0 Å². The van der Waals surface area contributed by atoms with Gasteiger partial charge in [-0.25, -0.2) is 0 Å². The fraction of sp³-hybridized carbons (Fsp3) is 0.286. The average molecular weight is 212 g/mol. The number of benzene rings is 1. The fourth-order valence-electron chi connectivity index (χ4n) is 2.65. The van der Waals surface area contributed by atoms with Gasteiger partial charge in [-0.1, -0.05) is 30.4 Å². The monoisotopic (exact) mass is 212 g/mol. The smallest absolute Gasteiger partial charge is 0.0524 e. The lowest BCUT2D eigenvalue weighted by Crippen LogP contribution is -2.54. The van der Waals surface area contributed by atoms with Crippen molar-refractivity contribution in [2.24, 2.45) is 11.5 Å². The minimum absolute atomic E-state index is 0.0962. The largest absolute Gasteiger partial charge is 0.322 e. The second-order valence-electron chi connectivity index (χ2n) is 5.00. The molecule has 0 saturated carbocycles. The molecule has 2 heteroatoms. The van der Waals surface area contributed by atoms with Gasteiger partial charge >= 0.3 is 0 Å². The Kier molecular flexibility index (Phi) is 1.74. The third kappa shape index (κ3) is 1.03. The highest BCUT2D eigenvalue weighted by Crippen LogP contribution is 2.48. The van der Waals surface area contributed by atoms with E-state index in [2.05, 4.69) is 31.2 Å². The Hall–Kier alpha value is -1.38. The molecular formula is C14H16N2. The molecule has 0 aromatic heterocycles. The van der Waals surface area contributed by atoms with Crippen LogP contribution >= 0.6 is 0 Å². The predicted octanol–water partition coefficient (Wildman–Crippen LogP) is 1.83. The van der Waals surface area contributed by atoms with Crippen molar-refractivity contribution in [2.75, 3.05) is 0 Å². The maximum absolute atomic E-state index is 6.25. The Morgan fingerprint density at radius 2 is 2.06 bits per heavy atom. The number of fused-ring (bicyclic) bond motifs is 3. The van der Waals surface area contributed by atoms with E-state index in [9.17, 15) is 0 Å². The highest BCUT2D eigenvalue weighted by atomic mass is 14.8. The van der Waals surface area contributed by atoms with Crippen molar-refractivity contribution in [1.82, 2.24) is 0 Å². The topological polar surface area (TPSA) is 52.0 Å². The normalized spacial score (nSPS) is 30.9. The molecule has 1 aromatic rings. The standard InChI is InChI=1S/C14H16N2/c1-8-4-3-5-9-10-6-7-14(2,16)13(15)12(10)11(8)9/h3-7,13H,15-16H2,1-2H3. The van der Waals surface area contributed by atoms with Gasteiger partial charge in [0.05, 0.1) is 11.6 Å². The summed E-state index contributed by atoms with van der Waals surface area (Å²) in [6, 6.07) is 6.27. The molecule has 1 aromatic carbocycles. The van der Waals surface area contributed by atoms with Gasteiger partial charge in [0.2, 0.25) is 0 Å². The minimum atomic E-state index is -0.432. The number of rotatable bonds is 0. The Labute approximate surface area is 95.6 Å². The van der Waals surface area contributed by atoms with Gasteiger partial charge in [0.25, 0.3) is 0 Å². The fourth-order valence-corrected chi connectivity index (χ4v) is 2.65. The number of hydrogen-bond acceptors (Lipinski definition) is 2. The SMILES string of the molecule is Cc1cccc2c1C1=C2C=CC(C)(N)C1N. The zero-order chi connectivity index (χ0) is 11.5. The molecule has 4 N–H and O–H groups in total. The van der Waals surface area contributed by atoms with E-state index in [1.54, 1.807) is 0 Å². The zero-order valence-corrected chi connectivity index (χ0v) is 9.62. The molecule has 0 aliphatic heterocycles. The van der Waals surface area contributed by atoms with Gasteiger partial charge in [-0.2, -0.15) is 0 Å². The van der Waals surface area contributed by atoms with E-state index in [-0.39, 0.29) is 6.04 Å². The molecule has 0 bridgehead atoms. The van der Waals surface area contributed by atoms with Crippen LogP contribution < -0.4 is 11.5 Å². The van der Waals surface area contributed by atoms with Crippen LogP contribution in [0.15, 0.2) is 30.4 Å². The second-order valence-corrected chi connectivity index (χ2v) is 5.00. The molecule has 82 valence electrons. The average Bonchev–Trinajstić information content (AvgIpc) is 2.18. The van der Waals surface area contributed by atoms with Crippen LogP contribution in [0.25, 0.3) is 11.1 Å². The summed E-state index contributed by atoms with van der Waals surface area (Å²) in [7, 11) is 0. The molecule has 16 heavy (non-hydrogen) atoms. The van der Waals surface area contributed by atoms with Gasteiger partial charge < -0.3 is 11.5 Å². The second kappa shape index (κ2) is 2.84. The van der Waals surface area contributed by atoms with Crippen molar-refractivity contribution in [3.63, 3.8) is 0 Å². The lowest BCUT2D eigenvalue weighted by molar-refractivity contribution is 0.524. The minimum Gasteiger partial charge on any atom is -0.322 e.